The van der Waals surface area contributed by atoms with E-state index in [1.165, 1.54) is 0 Å². The number of halogens is 1. The van der Waals surface area contributed by atoms with Crippen molar-refractivity contribution in [1.29, 1.82) is 0 Å². The summed E-state index contributed by atoms with van der Waals surface area (Å²) in [5.74, 6) is -0.129. The van der Waals surface area contributed by atoms with Crippen molar-refractivity contribution in [1.82, 2.24) is 10.2 Å². The van der Waals surface area contributed by atoms with Gasteiger partial charge >= 0.3 is 6.03 Å². The van der Waals surface area contributed by atoms with Crippen LogP contribution < -0.4 is 10.1 Å². The Morgan fingerprint density at radius 1 is 1.15 bits per heavy atom. The fourth-order valence-electron chi connectivity index (χ4n) is 3.39. The van der Waals surface area contributed by atoms with Gasteiger partial charge in [-0.25, -0.2) is 4.79 Å². The molecular formula is C19H15BrN2O4. The maximum absolute atomic E-state index is 13.1. The number of para-hydroxylation sites is 1. The highest BCUT2D eigenvalue weighted by atomic mass is 79.9. The van der Waals surface area contributed by atoms with E-state index in [-0.39, 0.29) is 12.3 Å². The summed E-state index contributed by atoms with van der Waals surface area (Å²) in [7, 11) is 0. The molecule has 4 rings (SSSR count). The van der Waals surface area contributed by atoms with Gasteiger partial charge in [0.25, 0.3) is 5.91 Å². The number of fused-ring (bicyclic) bond motifs is 2. The molecular weight excluding hydrogens is 400 g/mol. The number of urea groups is 1. The fourth-order valence-corrected chi connectivity index (χ4v) is 3.65. The number of nitrogens with one attached hydrogen (secondary N) is 1. The number of Topliss-reactive ketones (excluding diaryl/α,β-unsaturated/α-hetero) is 1. The highest BCUT2D eigenvalue weighted by molar-refractivity contribution is 9.10. The largest absolute Gasteiger partial charge is 0.493 e. The molecule has 2 aliphatic heterocycles. The molecule has 7 heteroatoms. The number of benzene rings is 2. The second-order valence-corrected chi connectivity index (χ2v) is 7.17. The van der Waals surface area contributed by atoms with Gasteiger partial charge in [0.05, 0.1) is 13.2 Å². The third kappa shape index (κ3) is 2.59. The first-order valence-corrected chi connectivity index (χ1v) is 8.96. The van der Waals surface area contributed by atoms with Crippen LogP contribution in [-0.4, -0.2) is 35.8 Å². The quantitative estimate of drug-likeness (QED) is 0.618. The Hall–Kier alpha value is -2.67. The van der Waals surface area contributed by atoms with Gasteiger partial charge in [0.1, 0.15) is 5.75 Å². The highest BCUT2D eigenvalue weighted by Gasteiger charge is 2.55. The van der Waals surface area contributed by atoms with Gasteiger partial charge in [-0.05, 0) is 18.2 Å². The summed E-state index contributed by atoms with van der Waals surface area (Å²) in [6.45, 7) is 0.0224. The van der Waals surface area contributed by atoms with E-state index in [0.717, 1.165) is 9.37 Å². The lowest BCUT2D eigenvalue weighted by atomic mass is 9.84. The number of imide groups is 1. The van der Waals surface area contributed by atoms with E-state index in [4.69, 9.17) is 4.74 Å². The summed E-state index contributed by atoms with van der Waals surface area (Å²) in [5.41, 5.74) is -0.0864. The first kappa shape index (κ1) is 16.8. The van der Waals surface area contributed by atoms with Gasteiger partial charge in [0.2, 0.25) is 0 Å². The lowest BCUT2D eigenvalue weighted by Crippen LogP contribution is -2.47. The zero-order valence-corrected chi connectivity index (χ0v) is 15.3. The molecule has 3 amide bonds. The predicted molar refractivity (Wildman–Crippen MR) is 96.9 cm³/mol. The molecule has 2 aliphatic rings. The first-order chi connectivity index (χ1) is 12.5. The predicted octanol–water partition coefficient (Wildman–Crippen LogP) is 2.86. The van der Waals surface area contributed by atoms with Gasteiger partial charge < -0.3 is 10.1 Å². The molecule has 2 heterocycles. The molecule has 6 nitrogen and oxygen atoms in total. The van der Waals surface area contributed by atoms with E-state index in [2.05, 4.69) is 21.2 Å². The van der Waals surface area contributed by atoms with E-state index in [1.54, 1.807) is 42.5 Å². The summed E-state index contributed by atoms with van der Waals surface area (Å²) in [5, 5.41) is 2.79. The Kier molecular flexibility index (Phi) is 4.03. The molecule has 0 aliphatic carbocycles. The molecule has 132 valence electrons. The molecule has 26 heavy (non-hydrogen) atoms. The second kappa shape index (κ2) is 6.25. The lowest BCUT2D eigenvalue weighted by Gasteiger charge is -2.33. The molecule has 1 atom stereocenters. The molecule has 0 radical (unpaired) electrons. The van der Waals surface area contributed by atoms with Gasteiger partial charge in [-0.1, -0.05) is 46.3 Å². The number of carbonyl (C=O) groups excluding carboxylic acids is 3. The minimum Gasteiger partial charge on any atom is -0.493 e. The number of ether oxygens (including phenoxy) is 1. The summed E-state index contributed by atoms with van der Waals surface area (Å²) in [6, 6.07) is 13.4. The number of nitrogens with zero attached hydrogens (tertiary/aromatic N) is 1. The van der Waals surface area contributed by atoms with Crippen LogP contribution in [0.4, 0.5) is 4.79 Å². The Morgan fingerprint density at radius 2 is 1.88 bits per heavy atom. The number of hydrogen-bond donors (Lipinski definition) is 1. The monoisotopic (exact) mass is 414 g/mol. The molecule has 1 N–H and O–H groups in total. The van der Waals surface area contributed by atoms with Crippen LogP contribution in [0.5, 0.6) is 5.75 Å². The lowest BCUT2D eigenvalue weighted by molar-refractivity contribution is -0.132. The highest BCUT2D eigenvalue weighted by Crippen LogP contribution is 2.40. The van der Waals surface area contributed by atoms with E-state index < -0.39 is 17.5 Å². The summed E-state index contributed by atoms with van der Waals surface area (Å²) >= 11 is 3.31. The van der Waals surface area contributed by atoms with Crippen molar-refractivity contribution in [2.75, 3.05) is 13.2 Å². The number of amides is 3. The Morgan fingerprint density at radius 3 is 2.65 bits per heavy atom. The van der Waals surface area contributed by atoms with Crippen molar-refractivity contribution in [3.8, 4) is 5.75 Å². The van der Waals surface area contributed by atoms with Crippen LogP contribution in [0.25, 0.3) is 0 Å². The topological polar surface area (TPSA) is 75.7 Å². The van der Waals surface area contributed by atoms with Crippen molar-refractivity contribution < 1.29 is 19.1 Å². The molecule has 1 saturated heterocycles. The van der Waals surface area contributed by atoms with Gasteiger partial charge in [-0.2, -0.15) is 0 Å². The minimum absolute atomic E-state index is 0.293. The van der Waals surface area contributed by atoms with Crippen molar-refractivity contribution in [3.05, 3.63) is 64.1 Å². The van der Waals surface area contributed by atoms with Gasteiger partial charge in [-0.3, -0.25) is 14.5 Å². The van der Waals surface area contributed by atoms with Crippen molar-refractivity contribution >= 4 is 33.7 Å². The molecule has 2 aromatic carbocycles. The standard InChI is InChI=1S/C19H15BrN2O4/c20-13-7-5-12(6-8-13)15(23)11-22-17(24)19(21-18(22)25)9-10-26-16-4-2-1-3-14(16)19/h1-8H,9-11H2,(H,21,25)/t19-/m1/s1. The maximum atomic E-state index is 13.1. The van der Waals surface area contributed by atoms with Crippen LogP contribution in [0.2, 0.25) is 0 Å². The van der Waals surface area contributed by atoms with Crippen molar-refractivity contribution in [2.24, 2.45) is 0 Å². The molecule has 1 spiro atoms. The Labute approximate surface area is 158 Å². The molecule has 1 fully saturated rings. The summed E-state index contributed by atoms with van der Waals surface area (Å²) in [6.07, 6.45) is 0.331. The zero-order valence-electron chi connectivity index (χ0n) is 13.7. The van der Waals surface area contributed by atoms with Gasteiger partial charge in [0.15, 0.2) is 11.3 Å². The maximum Gasteiger partial charge on any atom is 0.325 e. The van der Waals surface area contributed by atoms with Crippen LogP contribution in [-0.2, 0) is 10.3 Å². The van der Waals surface area contributed by atoms with Crippen LogP contribution in [0.15, 0.2) is 53.0 Å². The van der Waals surface area contributed by atoms with E-state index in [9.17, 15) is 14.4 Å². The van der Waals surface area contributed by atoms with Crippen LogP contribution in [0.1, 0.15) is 22.3 Å². The first-order valence-electron chi connectivity index (χ1n) is 8.16. The number of hydrogen-bond acceptors (Lipinski definition) is 4. The Bertz CT molecular complexity index is 912. The van der Waals surface area contributed by atoms with E-state index in [1.807, 2.05) is 6.07 Å². The number of rotatable bonds is 3. The van der Waals surface area contributed by atoms with Crippen molar-refractivity contribution in [3.63, 3.8) is 0 Å². The summed E-state index contributed by atoms with van der Waals surface area (Å²) in [4.78, 5) is 39.1. The average Bonchev–Trinajstić information content (AvgIpc) is 2.87. The number of carbonyl (C=O) groups is 3. The van der Waals surface area contributed by atoms with Crippen LogP contribution >= 0.6 is 15.9 Å². The molecule has 0 unspecified atom stereocenters. The third-order valence-corrected chi connectivity index (χ3v) is 5.25. The molecule has 2 aromatic rings. The molecule has 0 aromatic heterocycles. The minimum atomic E-state index is -1.16. The molecule has 0 saturated carbocycles. The van der Waals surface area contributed by atoms with E-state index in [0.29, 0.717) is 29.9 Å². The van der Waals surface area contributed by atoms with Crippen LogP contribution in [0, 0.1) is 0 Å². The SMILES string of the molecule is O=C(CN1C(=O)N[C@@]2(CCOc3ccccc32)C1=O)c1ccc(Br)cc1. The Balaban J connectivity index is 1.63. The fraction of sp³-hybridized carbons (Fsp3) is 0.211. The van der Waals surface area contributed by atoms with E-state index >= 15 is 0 Å². The second-order valence-electron chi connectivity index (χ2n) is 6.25. The average molecular weight is 415 g/mol. The number of ketones is 1. The van der Waals surface area contributed by atoms with Crippen molar-refractivity contribution in [2.45, 2.75) is 12.0 Å². The van der Waals surface area contributed by atoms with Gasteiger partial charge in [-0.15, -0.1) is 0 Å². The molecule has 0 bridgehead atoms. The zero-order chi connectivity index (χ0) is 18.3. The van der Waals surface area contributed by atoms with Crippen LogP contribution in [0.3, 0.4) is 0 Å². The normalized spacial score (nSPS) is 21.3. The smallest absolute Gasteiger partial charge is 0.325 e. The van der Waals surface area contributed by atoms with Gasteiger partial charge in [0, 0.05) is 22.0 Å². The third-order valence-electron chi connectivity index (χ3n) is 4.73. The summed E-state index contributed by atoms with van der Waals surface area (Å²) < 4.78 is 6.45.